The molecular weight excluding hydrogens is 605 g/mol. The van der Waals surface area contributed by atoms with Crippen LogP contribution in [0.1, 0.15) is 13.3 Å². The monoisotopic (exact) mass is 643 g/mol. The maximum Gasteiger partial charge on any atom is 0.508 e. The van der Waals surface area contributed by atoms with Crippen LogP contribution in [0.25, 0.3) is 0 Å². The summed E-state index contributed by atoms with van der Waals surface area (Å²) in [6.07, 6.45) is 2.00. The van der Waals surface area contributed by atoms with Crippen molar-refractivity contribution in [3.8, 4) is 0 Å². The number of Topliss-reactive ketones (excluding diaryl/α,β-unsaturated/α-hetero) is 1. The molecule has 0 saturated carbocycles. The van der Waals surface area contributed by atoms with Gasteiger partial charge in [-0.05, 0) is 22.3 Å². The zero-order valence-corrected chi connectivity index (χ0v) is 26.6. The standard InChI is InChI=1S/C36H38NO8P/c1-4-22-43-35(41)34(37-32(26(3)31(39)25-38)30(33(37)40)21-24-45-36(42)44-23-5-2)46(27-15-9-6-10-16-27,28-17-11-7-12-18-28)29-19-13-8-14-20-29/h4-20,26,30,32,38H,1-2,21-25H2,3H3/t26-,30-,32+/m0/s1. The van der Waals surface area contributed by atoms with Crippen LogP contribution in [-0.2, 0) is 28.6 Å². The number of hydrogen-bond acceptors (Lipinski definition) is 8. The van der Waals surface area contributed by atoms with Crippen molar-refractivity contribution >= 4 is 52.0 Å². The summed E-state index contributed by atoms with van der Waals surface area (Å²) in [7, 11) is 0. The van der Waals surface area contributed by atoms with Gasteiger partial charge in [0.2, 0.25) is 5.91 Å². The summed E-state index contributed by atoms with van der Waals surface area (Å²) in [4.78, 5) is 55.2. The number of ketones is 1. The lowest BCUT2D eigenvalue weighted by atomic mass is 9.76. The number of amides is 1. The topological polar surface area (TPSA) is 119 Å². The fourth-order valence-electron chi connectivity index (χ4n) is 5.82. The SMILES string of the molecule is C=CCOC(=O)OCC[C@@H]1C(=O)N(C(C(=O)OCC=C)=P(c2ccccc2)(c2ccccc2)c2ccccc2)[C@@H]1[C@@H](C)C(=O)CO. The van der Waals surface area contributed by atoms with Crippen LogP contribution in [0.15, 0.2) is 116 Å². The number of hydrogen-bond donors (Lipinski definition) is 1. The van der Waals surface area contributed by atoms with E-state index in [-0.39, 0.29) is 31.7 Å². The minimum absolute atomic E-state index is 0.0327. The molecule has 0 bridgehead atoms. The summed E-state index contributed by atoms with van der Waals surface area (Å²) in [6, 6.07) is 27.6. The molecule has 1 amide bonds. The van der Waals surface area contributed by atoms with Gasteiger partial charge in [-0.3, -0.25) is 9.59 Å². The second-order valence-corrected chi connectivity index (χ2v) is 13.9. The minimum Gasteiger partial charge on any atom is -0.457 e. The highest BCUT2D eigenvalue weighted by molar-refractivity contribution is 7.96. The largest absolute Gasteiger partial charge is 0.508 e. The summed E-state index contributed by atoms with van der Waals surface area (Å²) in [6.45, 7) is 4.56. The van der Waals surface area contributed by atoms with Gasteiger partial charge in [-0.15, -0.1) is 0 Å². The normalized spacial score (nSPS) is 16.4. The molecule has 3 aromatic rings. The lowest BCUT2D eigenvalue weighted by Crippen LogP contribution is -2.68. The van der Waals surface area contributed by atoms with Crippen molar-refractivity contribution in [3.63, 3.8) is 0 Å². The lowest BCUT2D eigenvalue weighted by molar-refractivity contribution is -0.157. The number of nitrogens with zero attached hydrogens (tertiary/aromatic N) is 1. The molecule has 3 atom stereocenters. The quantitative estimate of drug-likeness (QED) is 0.116. The second-order valence-electron chi connectivity index (χ2n) is 10.6. The maximum atomic E-state index is 14.5. The Bertz CT molecular complexity index is 1500. The molecule has 10 heteroatoms. The highest BCUT2D eigenvalue weighted by Crippen LogP contribution is 2.50. The van der Waals surface area contributed by atoms with E-state index >= 15 is 0 Å². The van der Waals surface area contributed by atoms with Gasteiger partial charge in [0.15, 0.2) is 5.78 Å². The summed E-state index contributed by atoms with van der Waals surface area (Å²) in [5.41, 5.74) is 0.105. The molecule has 1 heterocycles. The molecular formula is C36H38NO8P. The molecule has 240 valence electrons. The number of β-lactam (4-membered cyclic amide) rings is 1. The number of carbonyl (C=O) groups excluding carboxylic acids is 4. The Morgan fingerprint density at radius 3 is 1.76 bits per heavy atom. The summed E-state index contributed by atoms with van der Waals surface area (Å²) >= 11 is 0. The van der Waals surface area contributed by atoms with E-state index in [9.17, 15) is 24.3 Å². The molecule has 0 aromatic heterocycles. The van der Waals surface area contributed by atoms with E-state index in [2.05, 4.69) is 13.2 Å². The van der Waals surface area contributed by atoms with E-state index < -0.39 is 55.2 Å². The number of ether oxygens (including phenoxy) is 3. The van der Waals surface area contributed by atoms with Gasteiger partial charge < -0.3 is 24.2 Å². The van der Waals surface area contributed by atoms with Gasteiger partial charge in [-0.2, -0.15) is 0 Å². The molecule has 1 aliphatic rings. The van der Waals surface area contributed by atoms with Crippen molar-refractivity contribution in [1.82, 2.24) is 4.90 Å². The molecule has 1 N–H and O–H groups in total. The van der Waals surface area contributed by atoms with E-state index in [1.54, 1.807) is 6.92 Å². The predicted molar refractivity (Wildman–Crippen MR) is 179 cm³/mol. The zero-order chi connectivity index (χ0) is 33.1. The Morgan fingerprint density at radius 2 is 1.30 bits per heavy atom. The van der Waals surface area contributed by atoms with Gasteiger partial charge in [0, 0.05) is 12.8 Å². The van der Waals surface area contributed by atoms with Crippen LogP contribution in [-0.4, -0.2) is 71.7 Å². The van der Waals surface area contributed by atoms with Gasteiger partial charge in [-0.25, -0.2) is 9.59 Å². The number of aliphatic hydroxyl groups excluding tert-OH is 1. The fourth-order valence-corrected chi connectivity index (χ4v) is 10.2. The Labute approximate surface area is 269 Å². The first kappa shape index (κ1) is 34.2. The van der Waals surface area contributed by atoms with Crippen molar-refractivity contribution in [1.29, 1.82) is 0 Å². The third-order valence-electron chi connectivity index (χ3n) is 7.90. The number of likely N-dealkylation sites (tertiary alicyclic amines) is 1. The van der Waals surface area contributed by atoms with E-state index in [0.29, 0.717) is 0 Å². The Kier molecular flexibility index (Phi) is 11.9. The predicted octanol–water partition coefficient (Wildman–Crippen LogP) is 3.59. The lowest BCUT2D eigenvalue weighted by Gasteiger charge is -2.51. The van der Waals surface area contributed by atoms with E-state index in [0.717, 1.165) is 15.9 Å². The highest BCUT2D eigenvalue weighted by atomic mass is 31.2. The fraction of sp³-hybridized carbons (Fsp3) is 0.250. The van der Waals surface area contributed by atoms with Crippen LogP contribution < -0.4 is 15.9 Å². The third kappa shape index (κ3) is 6.91. The average molecular weight is 644 g/mol. The first-order chi connectivity index (χ1) is 22.3. The van der Waals surface area contributed by atoms with Gasteiger partial charge >= 0.3 is 12.1 Å². The summed E-state index contributed by atoms with van der Waals surface area (Å²) < 4.78 is 15.8. The number of carbonyl (C=O) groups is 4. The Balaban J connectivity index is 2.02. The molecule has 0 spiro atoms. The first-order valence-electron chi connectivity index (χ1n) is 14.9. The number of rotatable bonds is 15. The molecule has 9 nitrogen and oxygen atoms in total. The molecule has 0 radical (unpaired) electrons. The van der Waals surface area contributed by atoms with E-state index in [1.165, 1.54) is 17.1 Å². The average Bonchev–Trinajstić information content (AvgIpc) is 3.10. The zero-order valence-electron chi connectivity index (χ0n) is 25.7. The third-order valence-corrected chi connectivity index (χ3v) is 12.2. The molecule has 1 fully saturated rings. The molecule has 1 saturated heterocycles. The molecule has 0 unspecified atom stereocenters. The summed E-state index contributed by atoms with van der Waals surface area (Å²) in [5.74, 6) is -3.32. The van der Waals surface area contributed by atoms with E-state index in [4.69, 9.17) is 14.2 Å². The number of benzene rings is 3. The van der Waals surface area contributed by atoms with Crippen molar-refractivity contribution in [2.75, 3.05) is 26.4 Å². The maximum absolute atomic E-state index is 14.5. The van der Waals surface area contributed by atoms with Crippen molar-refractivity contribution in [2.24, 2.45) is 11.8 Å². The minimum atomic E-state index is -3.19. The van der Waals surface area contributed by atoms with Crippen molar-refractivity contribution in [2.45, 2.75) is 19.4 Å². The Hall–Kier alpha value is -4.72. The van der Waals surface area contributed by atoms with Crippen LogP contribution in [0.3, 0.4) is 0 Å². The van der Waals surface area contributed by atoms with Gasteiger partial charge in [-0.1, -0.05) is 123 Å². The molecule has 3 aromatic carbocycles. The van der Waals surface area contributed by atoms with Gasteiger partial charge in [0.05, 0.1) is 18.6 Å². The van der Waals surface area contributed by atoms with Crippen LogP contribution in [0.2, 0.25) is 0 Å². The van der Waals surface area contributed by atoms with Gasteiger partial charge in [0.1, 0.15) is 25.2 Å². The number of aliphatic hydroxyl groups is 1. The van der Waals surface area contributed by atoms with Crippen molar-refractivity contribution in [3.05, 3.63) is 116 Å². The van der Waals surface area contributed by atoms with E-state index in [1.807, 2.05) is 91.0 Å². The van der Waals surface area contributed by atoms with Crippen LogP contribution in [0, 0.1) is 11.8 Å². The molecule has 4 rings (SSSR count). The van der Waals surface area contributed by atoms with Crippen LogP contribution >= 0.6 is 6.89 Å². The summed E-state index contributed by atoms with van der Waals surface area (Å²) in [5, 5.41) is 12.2. The number of esters is 1. The van der Waals surface area contributed by atoms with Crippen LogP contribution in [0.5, 0.6) is 0 Å². The first-order valence-corrected chi connectivity index (χ1v) is 16.7. The van der Waals surface area contributed by atoms with Gasteiger partial charge in [0.25, 0.3) is 0 Å². The molecule has 46 heavy (non-hydrogen) atoms. The van der Waals surface area contributed by atoms with Crippen LogP contribution in [0.4, 0.5) is 4.79 Å². The Morgan fingerprint density at radius 1 is 0.826 bits per heavy atom. The smallest absolute Gasteiger partial charge is 0.457 e. The molecule has 1 aliphatic heterocycles. The molecule has 0 aliphatic carbocycles. The highest BCUT2D eigenvalue weighted by Gasteiger charge is 2.56. The second kappa shape index (κ2) is 16.0. The van der Waals surface area contributed by atoms with Crippen molar-refractivity contribution < 1.29 is 38.5 Å².